The molecule has 0 atom stereocenters. The Labute approximate surface area is 204 Å². The quantitative estimate of drug-likeness (QED) is 0.449. The largest absolute Gasteiger partial charge is 0.489 e. The number of nitrogens with zero attached hydrogens (tertiary/aromatic N) is 2. The molecule has 34 heavy (non-hydrogen) atoms. The molecule has 0 fully saturated rings. The molecular formula is C27H29N3O3S. The van der Waals surface area contributed by atoms with Gasteiger partial charge >= 0.3 is 0 Å². The number of carbonyl (C=O) groups excluding carboxylic acids is 2. The summed E-state index contributed by atoms with van der Waals surface area (Å²) in [6.07, 6.45) is 4.54. The number of aromatic nitrogens is 1. The molecule has 0 unspecified atom stereocenters. The molecule has 1 aliphatic rings. The van der Waals surface area contributed by atoms with Crippen LogP contribution in [0.4, 0.5) is 5.13 Å². The van der Waals surface area contributed by atoms with Crippen LogP contribution in [0.3, 0.4) is 0 Å². The van der Waals surface area contributed by atoms with Gasteiger partial charge in [-0.3, -0.25) is 14.9 Å². The van der Waals surface area contributed by atoms with Crippen LogP contribution < -0.4 is 10.1 Å². The molecule has 0 saturated carbocycles. The van der Waals surface area contributed by atoms with E-state index in [1.807, 2.05) is 59.5 Å². The van der Waals surface area contributed by atoms with Gasteiger partial charge in [0.05, 0.1) is 12.2 Å². The minimum absolute atomic E-state index is 0.180. The molecule has 0 bridgehead atoms. The van der Waals surface area contributed by atoms with Gasteiger partial charge in [-0.25, -0.2) is 4.98 Å². The van der Waals surface area contributed by atoms with Gasteiger partial charge in [-0.15, -0.1) is 0 Å². The van der Waals surface area contributed by atoms with Crippen LogP contribution in [0.15, 0.2) is 60.7 Å². The lowest BCUT2D eigenvalue weighted by molar-refractivity contribution is -0.132. The van der Waals surface area contributed by atoms with Crippen molar-refractivity contribution in [2.24, 2.45) is 5.92 Å². The van der Waals surface area contributed by atoms with Crippen LogP contribution in [0.1, 0.15) is 42.0 Å². The molecule has 4 rings (SSSR count). The zero-order valence-corrected chi connectivity index (χ0v) is 20.3. The Morgan fingerprint density at radius 1 is 1.15 bits per heavy atom. The van der Waals surface area contributed by atoms with Gasteiger partial charge < -0.3 is 9.64 Å². The maximum absolute atomic E-state index is 12.4. The number of rotatable bonds is 8. The fourth-order valence-corrected chi connectivity index (χ4v) is 4.70. The van der Waals surface area contributed by atoms with Crippen LogP contribution in [0.2, 0.25) is 0 Å². The fraction of sp³-hybridized carbons (Fsp3) is 0.296. The summed E-state index contributed by atoms with van der Waals surface area (Å²) in [4.78, 5) is 32.3. The van der Waals surface area contributed by atoms with E-state index < -0.39 is 0 Å². The van der Waals surface area contributed by atoms with Crippen molar-refractivity contribution in [1.82, 2.24) is 9.88 Å². The topological polar surface area (TPSA) is 71.5 Å². The van der Waals surface area contributed by atoms with Gasteiger partial charge in [0.25, 0.3) is 0 Å². The second-order valence-electron chi connectivity index (χ2n) is 8.72. The monoisotopic (exact) mass is 475 g/mol. The van der Waals surface area contributed by atoms with Crippen molar-refractivity contribution in [3.63, 3.8) is 0 Å². The molecule has 1 aromatic heterocycles. The standard InChI is InChI=1S/C27H29N3O3S/c1-19(2)16-26(32)30-15-14-23-24(17-30)34-27(28-23)29-25(31)13-10-20-8-11-22(12-9-20)33-18-21-6-4-3-5-7-21/h3-13,19H,14-18H2,1-2H3,(H,28,29,31)/b13-10+. The average molecular weight is 476 g/mol. The minimum atomic E-state index is -0.233. The Hall–Kier alpha value is -3.45. The van der Waals surface area contributed by atoms with Crippen molar-refractivity contribution >= 4 is 34.4 Å². The highest BCUT2D eigenvalue weighted by Crippen LogP contribution is 2.29. The molecule has 3 aromatic rings. The zero-order valence-electron chi connectivity index (χ0n) is 19.5. The van der Waals surface area contributed by atoms with Gasteiger partial charge in [0.2, 0.25) is 11.8 Å². The number of nitrogens with one attached hydrogen (secondary N) is 1. The Morgan fingerprint density at radius 2 is 1.91 bits per heavy atom. The molecule has 7 heteroatoms. The number of fused-ring (bicyclic) bond motifs is 1. The Kier molecular flexibility index (Phi) is 7.75. The lowest BCUT2D eigenvalue weighted by Crippen LogP contribution is -2.36. The van der Waals surface area contributed by atoms with Gasteiger partial charge in [0.1, 0.15) is 12.4 Å². The van der Waals surface area contributed by atoms with Gasteiger partial charge in [-0.2, -0.15) is 0 Å². The van der Waals surface area contributed by atoms with Gasteiger partial charge in [0.15, 0.2) is 5.13 Å². The van der Waals surface area contributed by atoms with Crippen molar-refractivity contribution in [3.8, 4) is 5.75 Å². The molecular weight excluding hydrogens is 446 g/mol. The van der Waals surface area contributed by atoms with E-state index in [-0.39, 0.29) is 11.8 Å². The lowest BCUT2D eigenvalue weighted by Gasteiger charge is -2.26. The number of carbonyl (C=O) groups is 2. The maximum Gasteiger partial charge on any atom is 0.250 e. The molecule has 0 saturated heterocycles. The third-order valence-electron chi connectivity index (χ3n) is 5.45. The molecule has 2 aromatic carbocycles. The molecule has 2 heterocycles. The Balaban J connectivity index is 1.28. The summed E-state index contributed by atoms with van der Waals surface area (Å²) >= 11 is 1.44. The van der Waals surface area contributed by atoms with Crippen LogP contribution in [0.5, 0.6) is 5.75 Å². The third-order valence-corrected chi connectivity index (χ3v) is 6.45. The second kappa shape index (κ2) is 11.1. The summed E-state index contributed by atoms with van der Waals surface area (Å²) in [5.74, 6) is 1.07. The zero-order chi connectivity index (χ0) is 23.9. The van der Waals surface area contributed by atoms with Crippen LogP contribution in [0.25, 0.3) is 6.08 Å². The highest BCUT2D eigenvalue weighted by atomic mass is 32.1. The van der Waals surface area contributed by atoms with Crippen LogP contribution in [-0.4, -0.2) is 28.2 Å². The number of hydrogen-bond acceptors (Lipinski definition) is 5. The van der Waals surface area contributed by atoms with E-state index in [1.165, 1.54) is 17.4 Å². The molecule has 176 valence electrons. The Bertz CT molecular complexity index is 1150. The Morgan fingerprint density at radius 3 is 2.65 bits per heavy atom. The predicted octanol–water partition coefficient (Wildman–Crippen LogP) is 5.30. The molecule has 2 amide bonds. The highest BCUT2D eigenvalue weighted by Gasteiger charge is 2.24. The smallest absolute Gasteiger partial charge is 0.250 e. The minimum Gasteiger partial charge on any atom is -0.489 e. The van der Waals surface area contributed by atoms with E-state index in [0.29, 0.717) is 37.2 Å². The van der Waals surface area contributed by atoms with Crippen molar-refractivity contribution in [1.29, 1.82) is 0 Å². The van der Waals surface area contributed by atoms with Crippen LogP contribution in [-0.2, 0) is 29.2 Å². The van der Waals surface area contributed by atoms with Crippen LogP contribution in [0, 0.1) is 5.92 Å². The summed E-state index contributed by atoms with van der Waals surface area (Å²) in [7, 11) is 0. The molecule has 0 spiro atoms. The number of amides is 2. The van der Waals surface area contributed by atoms with Crippen LogP contribution >= 0.6 is 11.3 Å². The third kappa shape index (κ3) is 6.54. The van der Waals surface area contributed by atoms with E-state index in [2.05, 4.69) is 24.1 Å². The SMILES string of the molecule is CC(C)CC(=O)N1CCc2nc(NC(=O)/C=C/c3ccc(OCc4ccccc4)cc3)sc2C1. The number of anilines is 1. The number of thiazole rings is 1. The van der Waals surface area contributed by atoms with E-state index >= 15 is 0 Å². The fourth-order valence-electron chi connectivity index (χ4n) is 3.68. The lowest BCUT2D eigenvalue weighted by atomic mass is 10.1. The first-order chi connectivity index (χ1) is 16.5. The van der Waals surface area contributed by atoms with Crippen molar-refractivity contribution in [2.45, 2.75) is 39.8 Å². The molecule has 0 aliphatic carbocycles. The van der Waals surface area contributed by atoms with Crippen molar-refractivity contribution in [2.75, 3.05) is 11.9 Å². The first-order valence-corrected chi connectivity index (χ1v) is 12.3. The molecule has 1 aliphatic heterocycles. The summed E-state index contributed by atoms with van der Waals surface area (Å²) in [5, 5.41) is 3.42. The van der Waals surface area contributed by atoms with Gasteiger partial charge in [-0.1, -0.05) is 67.6 Å². The van der Waals surface area contributed by atoms with Gasteiger partial charge in [-0.05, 0) is 35.3 Å². The van der Waals surface area contributed by atoms with Gasteiger partial charge in [0, 0.05) is 30.3 Å². The van der Waals surface area contributed by atoms with E-state index in [9.17, 15) is 9.59 Å². The summed E-state index contributed by atoms with van der Waals surface area (Å²) in [6.45, 7) is 5.87. The summed E-state index contributed by atoms with van der Waals surface area (Å²) in [5.41, 5.74) is 2.99. The van der Waals surface area contributed by atoms with Crippen molar-refractivity contribution < 1.29 is 14.3 Å². The maximum atomic E-state index is 12.4. The first-order valence-electron chi connectivity index (χ1n) is 11.5. The predicted molar refractivity (Wildman–Crippen MR) is 136 cm³/mol. The van der Waals surface area contributed by atoms with Crippen molar-refractivity contribution in [3.05, 3.63) is 82.4 Å². The van der Waals surface area contributed by atoms with E-state index in [1.54, 1.807) is 6.08 Å². The highest BCUT2D eigenvalue weighted by molar-refractivity contribution is 7.15. The normalized spacial score (nSPS) is 13.2. The van der Waals surface area contributed by atoms with E-state index in [4.69, 9.17) is 4.74 Å². The number of ether oxygens (including phenoxy) is 1. The number of hydrogen-bond donors (Lipinski definition) is 1. The molecule has 0 radical (unpaired) electrons. The number of benzene rings is 2. The molecule has 6 nitrogen and oxygen atoms in total. The summed E-state index contributed by atoms with van der Waals surface area (Å²) in [6, 6.07) is 17.6. The first kappa shape index (κ1) is 23.7. The summed E-state index contributed by atoms with van der Waals surface area (Å²) < 4.78 is 5.80. The second-order valence-corrected chi connectivity index (χ2v) is 9.80. The van der Waals surface area contributed by atoms with E-state index in [0.717, 1.165) is 33.9 Å². The average Bonchev–Trinajstić information content (AvgIpc) is 3.23. The molecule has 1 N–H and O–H groups in total.